The minimum Gasteiger partial charge on any atom is -0.308 e. The van der Waals surface area contributed by atoms with Crippen molar-refractivity contribution in [1.82, 2.24) is 20.3 Å². The minimum absolute atomic E-state index is 0.0247. The summed E-state index contributed by atoms with van der Waals surface area (Å²) in [6.45, 7) is 2.58. The second-order valence-corrected chi connectivity index (χ2v) is 4.25. The maximum atomic E-state index is 12.5. The molecule has 2 heterocycles. The number of halogens is 3. The van der Waals surface area contributed by atoms with Crippen LogP contribution in [0.25, 0.3) is 0 Å². The first kappa shape index (κ1) is 12.3. The topological polar surface area (TPSA) is 42.7 Å². The number of alkyl halides is 3. The quantitative estimate of drug-likeness (QED) is 0.869. The summed E-state index contributed by atoms with van der Waals surface area (Å²) in [5.41, 5.74) is 0.869. The predicted molar refractivity (Wildman–Crippen MR) is 55.2 cm³/mol. The van der Waals surface area contributed by atoms with Gasteiger partial charge in [0.2, 0.25) is 0 Å². The van der Waals surface area contributed by atoms with E-state index in [-0.39, 0.29) is 19.0 Å². The maximum absolute atomic E-state index is 12.5. The van der Waals surface area contributed by atoms with Gasteiger partial charge in [-0.25, -0.2) is 4.68 Å². The van der Waals surface area contributed by atoms with Crippen LogP contribution in [-0.4, -0.2) is 27.7 Å². The standard InChI is InChI=1S/C10H15F3N4/c1-2-17-9(6-15-16-17)8-4-3-7(5-14-8)10(11,12)13/h6-8,14H,2-5H2,1H3. The second kappa shape index (κ2) is 4.64. The van der Waals surface area contributed by atoms with Gasteiger partial charge in [-0.3, -0.25) is 0 Å². The smallest absolute Gasteiger partial charge is 0.308 e. The molecule has 0 aromatic carbocycles. The van der Waals surface area contributed by atoms with Gasteiger partial charge in [-0.15, -0.1) is 5.10 Å². The van der Waals surface area contributed by atoms with Crippen molar-refractivity contribution in [3.05, 3.63) is 11.9 Å². The van der Waals surface area contributed by atoms with Gasteiger partial charge in [-0.05, 0) is 19.8 Å². The highest BCUT2D eigenvalue weighted by Crippen LogP contribution is 2.35. The van der Waals surface area contributed by atoms with Crippen LogP contribution in [0.4, 0.5) is 13.2 Å². The fourth-order valence-corrected chi connectivity index (χ4v) is 2.17. The molecule has 0 radical (unpaired) electrons. The van der Waals surface area contributed by atoms with E-state index in [1.54, 1.807) is 10.9 Å². The molecule has 2 atom stereocenters. The SMILES string of the molecule is CCn1nncc1C1CCC(C(F)(F)F)CN1. The van der Waals surface area contributed by atoms with Crippen LogP contribution in [0.15, 0.2) is 6.20 Å². The summed E-state index contributed by atoms with van der Waals surface area (Å²) >= 11 is 0. The molecule has 0 bridgehead atoms. The molecule has 2 unspecified atom stereocenters. The zero-order valence-corrected chi connectivity index (χ0v) is 9.54. The average Bonchev–Trinajstić information content (AvgIpc) is 2.76. The maximum Gasteiger partial charge on any atom is 0.393 e. The summed E-state index contributed by atoms with van der Waals surface area (Å²) in [5.74, 6) is -1.23. The average molecular weight is 248 g/mol. The molecule has 1 saturated heterocycles. The van der Waals surface area contributed by atoms with E-state index in [0.29, 0.717) is 13.0 Å². The number of nitrogens with one attached hydrogen (secondary N) is 1. The zero-order chi connectivity index (χ0) is 12.5. The number of piperidine rings is 1. The third kappa shape index (κ3) is 2.59. The lowest BCUT2D eigenvalue weighted by molar-refractivity contribution is -0.179. The molecule has 96 valence electrons. The number of hydrogen-bond acceptors (Lipinski definition) is 3. The molecule has 7 heteroatoms. The third-order valence-corrected chi connectivity index (χ3v) is 3.18. The Morgan fingerprint density at radius 3 is 2.76 bits per heavy atom. The lowest BCUT2D eigenvalue weighted by Gasteiger charge is -2.30. The molecule has 0 spiro atoms. The van der Waals surface area contributed by atoms with Crippen LogP contribution in [0.3, 0.4) is 0 Å². The molecule has 0 amide bonds. The molecule has 1 aliphatic rings. The molecular formula is C10H15F3N4. The lowest BCUT2D eigenvalue weighted by atomic mass is 9.93. The molecule has 2 rings (SSSR count). The lowest BCUT2D eigenvalue weighted by Crippen LogP contribution is -2.40. The summed E-state index contributed by atoms with van der Waals surface area (Å²) in [4.78, 5) is 0. The first-order valence-corrected chi connectivity index (χ1v) is 5.71. The fourth-order valence-electron chi connectivity index (χ4n) is 2.17. The number of aromatic nitrogens is 3. The second-order valence-electron chi connectivity index (χ2n) is 4.25. The Labute approximate surface area is 97.2 Å². The van der Waals surface area contributed by atoms with E-state index in [1.807, 2.05) is 6.92 Å². The molecule has 1 N–H and O–H groups in total. The monoisotopic (exact) mass is 248 g/mol. The minimum atomic E-state index is -4.10. The van der Waals surface area contributed by atoms with Gasteiger partial charge in [0.25, 0.3) is 0 Å². The van der Waals surface area contributed by atoms with Crippen molar-refractivity contribution in [2.45, 2.75) is 38.5 Å². The van der Waals surface area contributed by atoms with E-state index >= 15 is 0 Å². The van der Waals surface area contributed by atoms with Crippen LogP contribution in [0, 0.1) is 5.92 Å². The van der Waals surface area contributed by atoms with Gasteiger partial charge < -0.3 is 5.32 Å². The van der Waals surface area contributed by atoms with Crippen LogP contribution >= 0.6 is 0 Å². The Morgan fingerprint density at radius 2 is 2.24 bits per heavy atom. The highest BCUT2D eigenvalue weighted by molar-refractivity contribution is 5.04. The van der Waals surface area contributed by atoms with Crippen LogP contribution in [0.1, 0.15) is 31.5 Å². The Balaban J connectivity index is 2.00. The highest BCUT2D eigenvalue weighted by Gasteiger charge is 2.41. The number of nitrogens with zero attached hydrogens (tertiary/aromatic N) is 3. The van der Waals surface area contributed by atoms with E-state index in [2.05, 4.69) is 15.6 Å². The van der Waals surface area contributed by atoms with Crippen LogP contribution in [0.5, 0.6) is 0 Å². The third-order valence-electron chi connectivity index (χ3n) is 3.18. The van der Waals surface area contributed by atoms with Crippen LogP contribution in [-0.2, 0) is 6.54 Å². The van der Waals surface area contributed by atoms with Crippen LogP contribution in [0.2, 0.25) is 0 Å². The van der Waals surface area contributed by atoms with Gasteiger partial charge in [0, 0.05) is 13.1 Å². The van der Waals surface area contributed by atoms with Crippen molar-refractivity contribution >= 4 is 0 Å². The predicted octanol–water partition coefficient (Wildman–Crippen LogP) is 1.90. The Morgan fingerprint density at radius 1 is 1.47 bits per heavy atom. The van der Waals surface area contributed by atoms with Crippen molar-refractivity contribution in [1.29, 1.82) is 0 Å². The van der Waals surface area contributed by atoms with Crippen molar-refractivity contribution in [3.63, 3.8) is 0 Å². The molecule has 1 fully saturated rings. The molecule has 0 saturated carbocycles. The zero-order valence-electron chi connectivity index (χ0n) is 9.54. The first-order chi connectivity index (χ1) is 8.02. The molecule has 1 aromatic rings. The fraction of sp³-hybridized carbons (Fsp3) is 0.800. The number of hydrogen-bond donors (Lipinski definition) is 1. The van der Waals surface area contributed by atoms with E-state index in [0.717, 1.165) is 5.69 Å². The van der Waals surface area contributed by atoms with E-state index in [4.69, 9.17) is 0 Å². The molecule has 17 heavy (non-hydrogen) atoms. The highest BCUT2D eigenvalue weighted by atomic mass is 19.4. The number of aryl methyl sites for hydroxylation is 1. The van der Waals surface area contributed by atoms with Gasteiger partial charge in [0.15, 0.2) is 0 Å². The summed E-state index contributed by atoms with van der Waals surface area (Å²) in [5, 5.41) is 10.6. The summed E-state index contributed by atoms with van der Waals surface area (Å²) < 4.78 is 39.2. The normalized spacial score (nSPS) is 26.1. The molecule has 0 aliphatic carbocycles. The van der Waals surface area contributed by atoms with Crippen molar-refractivity contribution in [2.24, 2.45) is 5.92 Å². The van der Waals surface area contributed by atoms with Gasteiger partial charge in [0.1, 0.15) is 0 Å². The molecule has 4 nitrogen and oxygen atoms in total. The summed E-state index contributed by atoms with van der Waals surface area (Å²) in [6, 6.07) is -0.0662. The van der Waals surface area contributed by atoms with Gasteiger partial charge >= 0.3 is 6.18 Å². The molecular weight excluding hydrogens is 233 g/mol. The van der Waals surface area contributed by atoms with E-state index < -0.39 is 12.1 Å². The van der Waals surface area contributed by atoms with Gasteiger partial charge in [0.05, 0.1) is 23.9 Å². The molecule has 1 aliphatic heterocycles. The summed E-state index contributed by atoms with van der Waals surface area (Å²) in [7, 11) is 0. The van der Waals surface area contributed by atoms with Crippen molar-refractivity contribution < 1.29 is 13.2 Å². The first-order valence-electron chi connectivity index (χ1n) is 5.71. The summed E-state index contributed by atoms with van der Waals surface area (Å²) in [6.07, 6.45) is -1.84. The van der Waals surface area contributed by atoms with E-state index in [1.165, 1.54) is 0 Å². The number of rotatable bonds is 2. The largest absolute Gasteiger partial charge is 0.393 e. The van der Waals surface area contributed by atoms with E-state index in [9.17, 15) is 13.2 Å². The molecule has 1 aromatic heterocycles. The van der Waals surface area contributed by atoms with Crippen molar-refractivity contribution in [3.8, 4) is 0 Å². The van der Waals surface area contributed by atoms with Gasteiger partial charge in [-0.1, -0.05) is 5.21 Å². The Hall–Kier alpha value is -1.11. The Bertz CT molecular complexity index is 366. The van der Waals surface area contributed by atoms with Crippen LogP contribution < -0.4 is 5.32 Å². The Kier molecular flexibility index (Phi) is 3.37. The van der Waals surface area contributed by atoms with Crippen molar-refractivity contribution in [2.75, 3.05) is 6.54 Å². The van der Waals surface area contributed by atoms with Gasteiger partial charge in [-0.2, -0.15) is 13.2 Å².